The third-order valence-corrected chi connectivity index (χ3v) is 9.06. The van der Waals surface area contributed by atoms with E-state index in [0.29, 0.717) is 23.6 Å². The summed E-state index contributed by atoms with van der Waals surface area (Å²) in [5, 5.41) is 15.0. The summed E-state index contributed by atoms with van der Waals surface area (Å²) in [6, 6.07) is 18.2. The van der Waals surface area contributed by atoms with E-state index in [4.69, 9.17) is 4.74 Å². The number of carbonyl (C=O) groups excluding carboxylic acids is 2. The average molecular weight is 506 g/mol. The maximum absolute atomic E-state index is 13.7. The molecule has 2 bridgehead atoms. The molecule has 3 saturated heterocycles. The molecule has 0 radical (unpaired) electrons. The van der Waals surface area contributed by atoms with E-state index >= 15 is 0 Å². The van der Waals surface area contributed by atoms with Crippen LogP contribution in [0.25, 0.3) is 0 Å². The number of quaternary nitrogens is 1. The van der Waals surface area contributed by atoms with E-state index in [1.807, 2.05) is 36.4 Å². The third kappa shape index (κ3) is 5.60. The van der Waals surface area contributed by atoms with Crippen LogP contribution >= 0.6 is 0 Å². The number of esters is 1. The predicted octanol–water partition coefficient (Wildman–Crippen LogP) is 4.16. The highest BCUT2D eigenvalue weighted by molar-refractivity contribution is 5.85. The zero-order valence-corrected chi connectivity index (χ0v) is 21.8. The Labute approximate surface area is 220 Å². The van der Waals surface area contributed by atoms with Crippen LogP contribution < -0.4 is 5.32 Å². The Morgan fingerprint density at radius 3 is 2.08 bits per heavy atom. The highest BCUT2D eigenvalue weighted by atomic mass is 16.6. The molecule has 4 fully saturated rings. The SMILES string of the molecule is O=C(NCCC[N+]12CCC(CC1)C(OC(=O)C(O)(c1ccccc1)c1ccccc1)C2)C1CCCCC1. The summed E-state index contributed by atoms with van der Waals surface area (Å²) in [5.41, 5.74) is -0.807. The Morgan fingerprint density at radius 2 is 1.49 bits per heavy atom. The number of hydrogen-bond acceptors (Lipinski definition) is 4. The van der Waals surface area contributed by atoms with Crippen LogP contribution in [0.2, 0.25) is 0 Å². The normalized spacial score (nSPS) is 26.0. The van der Waals surface area contributed by atoms with Crippen molar-refractivity contribution in [3.05, 3.63) is 71.8 Å². The molecule has 1 unspecified atom stereocenters. The molecule has 1 aliphatic carbocycles. The van der Waals surface area contributed by atoms with Crippen LogP contribution in [-0.4, -0.2) is 60.3 Å². The summed E-state index contributed by atoms with van der Waals surface area (Å²) in [6.07, 6.45) is 8.43. The number of rotatable bonds is 9. The lowest BCUT2D eigenvalue weighted by Gasteiger charge is -2.52. The van der Waals surface area contributed by atoms with Crippen molar-refractivity contribution in [1.82, 2.24) is 5.32 Å². The maximum atomic E-state index is 13.7. The van der Waals surface area contributed by atoms with Gasteiger partial charge in [0.15, 0.2) is 6.10 Å². The van der Waals surface area contributed by atoms with Gasteiger partial charge in [-0.25, -0.2) is 4.79 Å². The lowest BCUT2D eigenvalue weighted by atomic mass is 9.82. The van der Waals surface area contributed by atoms with E-state index in [9.17, 15) is 14.7 Å². The molecular weight excluding hydrogens is 464 g/mol. The van der Waals surface area contributed by atoms with Gasteiger partial charge in [0.25, 0.3) is 0 Å². The molecule has 6 heteroatoms. The number of hydrogen-bond donors (Lipinski definition) is 2. The van der Waals surface area contributed by atoms with E-state index in [2.05, 4.69) is 5.32 Å². The first-order valence-electron chi connectivity index (χ1n) is 14.2. The molecule has 1 amide bonds. The minimum atomic E-state index is -1.84. The highest BCUT2D eigenvalue weighted by Crippen LogP contribution is 2.38. The Balaban J connectivity index is 1.21. The van der Waals surface area contributed by atoms with E-state index in [1.54, 1.807) is 24.3 Å². The van der Waals surface area contributed by atoms with Crippen LogP contribution in [0.3, 0.4) is 0 Å². The van der Waals surface area contributed by atoms with Gasteiger partial charge in [0.1, 0.15) is 6.54 Å². The minimum Gasteiger partial charge on any atom is -0.453 e. The number of ether oxygens (including phenoxy) is 1. The van der Waals surface area contributed by atoms with Crippen LogP contribution in [0.15, 0.2) is 60.7 Å². The largest absolute Gasteiger partial charge is 0.453 e. The minimum absolute atomic E-state index is 0.197. The zero-order valence-electron chi connectivity index (χ0n) is 21.8. The molecule has 0 aromatic heterocycles. The van der Waals surface area contributed by atoms with E-state index in [1.165, 1.54) is 19.3 Å². The van der Waals surface area contributed by atoms with Crippen LogP contribution in [-0.2, 0) is 19.9 Å². The highest BCUT2D eigenvalue weighted by Gasteiger charge is 2.50. The molecule has 6 rings (SSSR count). The van der Waals surface area contributed by atoms with Gasteiger partial charge in [-0.05, 0) is 24.0 Å². The second kappa shape index (κ2) is 11.4. The number of nitrogens with zero attached hydrogens (tertiary/aromatic N) is 1. The van der Waals surface area contributed by atoms with Gasteiger partial charge in [0, 0.05) is 37.6 Å². The van der Waals surface area contributed by atoms with Gasteiger partial charge in [-0.2, -0.15) is 0 Å². The molecule has 3 aliphatic heterocycles. The number of aliphatic hydroxyl groups is 1. The molecule has 2 aromatic rings. The van der Waals surface area contributed by atoms with Crippen LogP contribution in [0.5, 0.6) is 0 Å². The monoisotopic (exact) mass is 505 g/mol. The van der Waals surface area contributed by atoms with Crippen LogP contribution in [0, 0.1) is 11.8 Å². The number of amides is 1. The van der Waals surface area contributed by atoms with Crippen molar-refractivity contribution in [2.45, 2.75) is 63.1 Å². The summed E-state index contributed by atoms with van der Waals surface area (Å²) in [5.74, 6) is 0.167. The van der Waals surface area contributed by atoms with Gasteiger partial charge < -0.3 is 19.6 Å². The van der Waals surface area contributed by atoms with Crippen LogP contribution in [0.4, 0.5) is 0 Å². The van der Waals surface area contributed by atoms with Crippen LogP contribution in [0.1, 0.15) is 62.5 Å². The number of nitrogens with one attached hydrogen (secondary N) is 1. The molecule has 6 nitrogen and oxygen atoms in total. The second-order valence-corrected chi connectivity index (χ2v) is 11.4. The smallest absolute Gasteiger partial charge is 0.348 e. The van der Waals surface area contributed by atoms with Crippen molar-refractivity contribution in [3.8, 4) is 0 Å². The molecule has 2 aromatic carbocycles. The van der Waals surface area contributed by atoms with Gasteiger partial charge in [-0.3, -0.25) is 4.79 Å². The first kappa shape index (κ1) is 25.9. The Kier molecular flexibility index (Phi) is 7.96. The lowest BCUT2D eigenvalue weighted by molar-refractivity contribution is -0.946. The zero-order chi connectivity index (χ0) is 25.7. The van der Waals surface area contributed by atoms with Crippen molar-refractivity contribution < 1.29 is 23.9 Å². The molecule has 1 saturated carbocycles. The van der Waals surface area contributed by atoms with E-state index in [0.717, 1.165) is 62.8 Å². The quantitative estimate of drug-likeness (QED) is 0.305. The fourth-order valence-corrected chi connectivity index (χ4v) is 6.79. The molecule has 0 spiro atoms. The number of piperidine rings is 3. The van der Waals surface area contributed by atoms with E-state index < -0.39 is 11.6 Å². The van der Waals surface area contributed by atoms with E-state index in [-0.39, 0.29) is 17.9 Å². The summed E-state index contributed by atoms with van der Waals surface area (Å²) in [6.45, 7) is 4.67. The topological polar surface area (TPSA) is 75.6 Å². The van der Waals surface area contributed by atoms with Crippen molar-refractivity contribution in [2.24, 2.45) is 11.8 Å². The van der Waals surface area contributed by atoms with Crippen molar-refractivity contribution in [3.63, 3.8) is 0 Å². The fraction of sp³-hybridized carbons (Fsp3) is 0.548. The first-order valence-corrected chi connectivity index (χ1v) is 14.2. The molecular formula is C31H41N2O4+. The molecule has 1 atom stereocenters. The Hall–Kier alpha value is -2.70. The van der Waals surface area contributed by atoms with Gasteiger partial charge in [0.2, 0.25) is 11.5 Å². The molecule has 198 valence electrons. The van der Waals surface area contributed by atoms with Gasteiger partial charge in [0.05, 0.1) is 19.6 Å². The fourth-order valence-electron chi connectivity index (χ4n) is 6.79. The summed E-state index contributed by atoms with van der Waals surface area (Å²) >= 11 is 0. The van der Waals surface area contributed by atoms with Gasteiger partial charge in [-0.15, -0.1) is 0 Å². The summed E-state index contributed by atoms with van der Waals surface area (Å²) < 4.78 is 7.11. The molecule has 3 heterocycles. The standard InChI is InChI=1S/C31H40N2O4/c34-29(25-11-4-1-5-12-25)32-19-10-20-33-21-17-24(18-22-33)28(23-33)37-30(35)31(36,26-13-6-2-7-14-26)27-15-8-3-9-16-27/h2-3,6-9,13-16,24-25,28,36H,1,4-5,10-12,17-23H2/p+1. The third-order valence-electron chi connectivity index (χ3n) is 9.06. The molecule has 37 heavy (non-hydrogen) atoms. The Morgan fingerprint density at radius 1 is 0.892 bits per heavy atom. The van der Waals surface area contributed by atoms with Gasteiger partial charge >= 0.3 is 5.97 Å². The maximum Gasteiger partial charge on any atom is 0.348 e. The number of benzene rings is 2. The second-order valence-electron chi connectivity index (χ2n) is 11.4. The lowest BCUT2D eigenvalue weighted by Crippen LogP contribution is -2.65. The van der Waals surface area contributed by atoms with Crippen molar-refractivity contribution >= 4 is 11.9 Å². The molecule has 4 aliphatic rings. The predicted molar refractivity (Wildman–Crippen MR) is 142 cm³/mol. The Bertz CT molecular complexity index is 1000. The van der Waals surface area contributed by atoms with Crippen molar-refractivity contribution in [2.75, 3.05) is 32.7 Å². The van der Waals surface area contributed by atoms with Crippen molar-refractivity contribution in [1.29, 1.82) is 0 Å². The van der Waals surface area contributed by atoms with Gasteiger partial charge in [-0.1, -0.05) is 79.9 Å². The molecule has 2 N–H and O–H groups in total. The number of carbonyl (C=O) groups is 2. The summed E-state index contributed by atoms with van der Waals surface area (Å²) in [7, 11) is 0. The summed E-state index contributed by atoms with van der Waals surface area (Å²) in [4.78, 5) is 26.2. The number of fused-ring (bicyclic) bond motifs is 3. The average Bonchev–Trinajstić information content (AvgIpc) is 2.96. The first-order chi connectivity index (χ1) is 18.0.